The first-order valence-electron chi connectivity index (χ1n) is 5.84. The summed E-state index contributed by atoms with van der Waals surface area (Å²) < 4.78 is 5.03. The van der Waals surface area contributed by atoms with Gasteiger partial charge in [-0.2, -0.15) is 5.26 Å². The van der Waals surface area contributed by atoms with E-state index in [9.17, 15) is 4.79 Å². The van der Waals surface area contributed by atoms with E-state index in [1.54, 1.807) is 17.2 Å². The molecule has 0 aromatic heterocycles. The molecule has 0 N–H and O–H groups in total. The van der Waals surface area contributed by atoms with Gasteiger partial charge in [-0.3, -0.25) is 4.90 Å². The van der Waals surface area contributed by atoms with Gasteiger partial charge in [0.25, 0.3) is 0 Å². The standard InChI is InChI=1S/C14H14N2O2/c15-8-4-5-9-16-13(11-18-14(16)17)10-12-6-2-1-3-7-12/h1-3,5-7,9,13H,4,10-11H2/b9-5+/t13-/m0/s1. The van der Waals surface area contributed by atoms with Crippen LogP contribution < -0.4 is 0 Å². The fraction of sp³-hybridized carbons (Fsp3) is 0.286. The Morgan fingerprint density at radius 3 is 2.94 bits per heavy atom. The molecule has 1 aliphatic rings. The molecule has 1 fully saturated rings. The van der Waals surface area contributed by atoms with Gasteiger partial charge in [0, 0.05) is 6.20 Å². The number of benzene rings is 1. The Morgan fingerprint density at radius 2 is 2.22 bits per heavy atom. The maximum atomic E-state index is 11.5. The molecule has 0 bridgehead atoms. The Labute approximate surface area is 106 Å². The second-order valence-electron chi connectivity index (χ2n) is 4.07. The summed E-state index contributed by atoms with van der Waals surface area (Å²) in [6.45, 7) is 0.393. The zero-order valence-corrected chi connectivity index (χ0v) is 9.95. The van der Waals surface area contributed by atoms with Crippen LogP contribution in [0.2, 0.25) is 0 Å². The Kier molecular flexibility index (Phi) is 3.98. The molecule has 4 heteroatoms. The van der Waals surface area contributed by atoms with E-state index in [2.05, 4.69) is 0 Å². The zero-order valence-electron chi connectivity index (χ0n) is 9.95. The van der Waals surface area contributed by atoms with Crippen molar-refractivity contribution in [2.24, 2.45) is 0 Å². The highest BCUT2D eigenvalue weighted by Gasteiger charge is 2.31. The van der Waals surface area contributed by atoms with Crippen LogP contribution in [0.1, 0.15) is 12.0 Å². The van der Waals surface area contributed by atoms with Crippen LogP contribution in [-0.4, -0.2) is 23.6 Å². The summed E-state index contributed by atoms with van der Waals surface area (Å²) in [5.41, 5.74) is 1.17. The minimum absolute atomic E-state index is 0.00911. The molecule has 4 nitrogen and oxygen atoms in total. The quantitative estimate of drug-likeness (QED) is 0.815. The Morgan fingerprint density at radius 1 is 1.44 bits per heavy atom. The van der Waals surface area contributed by atoms with Gasteiger partial charge in [0.2, 0.25) is 0 Å². The summed E-state index contributed by atoms with van der Waals surface area (Å²) >= 11 is 0. The number of carbonyl (C=O) groups excluding carboxylic acids is 1. The lowest BCUT2D eigenvalue weighted by Crippen LogP contribution is -2.30. The van der Waals surface area contributed by atoms with Crippen molar-refractivity contribution >= 4 is 6.09 Å². The molecule has 2 rings (SSSR count). The number of hydrogen-bond donors (Lipinski definition) is 0. The molecule has 0 saturated carbocycles. The third-order valence-corrected chi connectivity index (χ3v) is 2.79. The Balaban J connectivity index is 2.03. The number of cyclic esters (lactones) is 1. The molecule has 1 aromatic rings. The largest absolute Gasteiger partial charge is 0.447 e. The van der Waals surface area contributed by atoms with E-state index in [4.69, 9.17) is 10.00 Å². The van der Waals surface area contributed by atoms with Crippen molar-refractivity contribution in [2.45, 2.75) is 18.9 Å². The average Bonchev–Trinajstić information content (AvgIpc) is 2.73. The van der Waals surface area contributed by atoms with E-state index >= 15 is 0 Å². The molecule has 1 amide bonds. The highest BCUT2D eigenvalue weighted by molar-refractivity contribution is 5.71. The smallest absolute Gasteiger partial charge is 0.414 e. The van der Waals surface area contributed by atoms with Crippen LogP contribution in [0.25, 0.3) is 0 Å². The van der Waals surface area contributed by atoms with Crippen molar-refractivity contribution in [1.29, 1.82) is 5.26 Å². The summed E-state index contributed by atoms with van der Waals surface area (Å²) in [4.78, 5) is 13.1. The van der Waals surface area contributed by atoms with E-state index in [1.807, 2.05) is 36.4 Å². The number of carbonyl (C=O) groups is 1. The second kappa shape index (κ2) is 5.87. The summed E-state index contributed by atoms with van der Waals surface area (Å²) in [7, 11) is 0. The van der Waals surface area contributed by atoms with Gasteiger partial charge >= 0.3 is 6.09 Å². The number of nitrogens with zero attached hydrogens (tertiary/aromatic N) is 2. The van der Waals surface area contributed by atoms with Crippen LogP contribution in [0, 0.1) is 11.3 Å². The van der Waals surface area contributed by atoms with Gasteiger partial charge in [-0.15, -0.1) is 0 Å². The summed E-state index contributed by atoms with van der Waals surface area (Å²) in [6.07, 6.45) is 4.02. The Bertz CT molecular complexity index is 476. The fourth-order valence-electron chi connectivity index (χ4n) is 1.92. The molecular formula is C14H14N2O2. The third kappa shape index (κ3) is 2.89. The van der Waals surface area contributed by atoms with Crippen molar-refractivity contribution in [1.82, 2.24) is 4.90 Å². The molecule has 0 spiro atoms. The number of hydrogen-bond acceptors (Lipinski definition) is 3. The molecule has 1 saturated heterocycles. The maximum Gasteiger partial charge on any atom is 0.414 e. The summed E-state index contributed by atoms with van der Waals surface area (Å²) in [6, 6.07) is 12.0. The first-order valence-corrected chi connectivity index (χ1v) is 5.84. The van der Waals surface area contributed by atoms with Crippen molar-refractivity contribution in [3.05, 3.63) is 48.2 Å². The number of allylic oxidation sites excluding steroid dienone is 1. The van der Waals surface area contributed by atoms with Gasteiger partial charge in [-0.1, -0.05) is 36.4 Å². The fourth-order valence-corrected chi connectivity index (χ4v) is 1.92. The number of amides is 1. The first-order chi connectivity index (χ1) is 8.81. The number of nitriles is 1. The third-order valence-electron chi connectivity index (χ3n) is 2.79. The van der Waals surface area contributed by atoms with Crippen LogP contribution in [0.15, 0.2) is 42.6 Å². The van der Waals surface area contributed by atoms with E-state index in [1.165, 1.54) is 5.56 Å². The molecule has 1 aromatic carbocycles. The van der Waals surface area contributed by atoms with Crippen molar-refractivity contribution < 1.29 is 9.53 Å². The van der Waals surface area contributed by atoms with Crippen molar-refractivity contribution in [2.75, 3.05) is 6.61 Å². The highest BCUT2D eigenvalue weighted by atomic mass is 16.6. The van der Waals surface area contributed by atoms with Crippen molar-refractivity contribution in [3.63, 3.8) is 0 Å². The lowest BCUT2D eigenvalue weighted by molar-refractivity contribution is 0.166. The molecule has 1 atom stereocenters. The lowest BCUT2D eigenvalue weighted by Gasteiger charge is -2.16. The molecule has 1 aliphatic heterocycles. The zero-order chi connectivity index (χ0) is 12.8. The van der Waals surface area contributed by atoms with Crippen LogP contribution >= 0.6 is 0 Å². The first kappa shape index (κ1) is 12.2. The van der Waals surface area contributed by atoms with Gasteiger partial charge in [-0.25, -0.2) is 4.79 Å². The van der Waals surface area contributed by atoms with Gasteiger partial charge in [0.15, 0.2) is 0 Å². The molecular weight excluding hydrogens is 228 g/mol. The second-order valence-corrected chi connectivity index (χ2v) is 4.07. The minimum atomic E-state index is -0.342. The number of ether oxygens (including phenoxy) is 1. The van der Waals surface area contributed by atoms with Crippen molar-refractivity contribution in [3.8, 4) is 6.07 Å². The SMILES string of the molecule is N#CC/C=C/N1C(=O)OC[C@@H]1Cc1ccccc1. The Hall–Kier alpha value is -2.28. The average molecular weight is 242 g/mol. The predicted molar refractivity (Wildman–Crippen MR) is 66.5 cm³/mol. The molecule has 0 unspecified atom stereocenters. The normalized spacial score (nSPS) is 18.9. The van der Waals surface area contributed by atoms with E-state index < -0.39 is 0 Å². The van der Waals surface area contributed by atoms with Crippen LogP contribution in [-0.2, 0) is 11.2 Å². The van der Waals surface area contributed by atoms with E-state index in [0.717, 1.165) is 6.42 Å². The van der Waals surface area contributed by atoms with Gasteiger partial charge in [-0.05, 0) is 12.0 Å². The number of rotatable bonds is 4. The molecule has 0 radical (unpaired) electrons. The maximum absolute atomic E-state index is 11.5. The summed E-state index contributed by atoms with van der Waals surface area (Å²) in [5.74, 6) is 0. The molecule has 1 heterocycles. The van der Waals surface area contributed by atoms with Gasteiger partial charge < -0.3 is 4.74 Å². The van der Waals surface area contributed by atoms with Gasteiger partial charge in [0.05, 0.1) is 18.5 Å². The van der Waals surface area contributed by atoms with Crippen LogP contribution in [0.5, 0.6) is 0 Å². The van der Waals surface area contributed by atoms with E-state index in [-0.39, 0.29) is 12.1 Å². The lowest BCUT2D eigenvalue weighted by atomic mass is 10.1. The summed E-state index contributed by atoms with van der Waals surface area (Å²) in [5, 5.41) is 8.47. The van der Waals surface area contributed by atoms with Crippen LogP contribution in [0.3, 0.4) is 0 Å². The van der Waals surface area contributed by atoms with E-state index in [0.29, 0.717) is 13.0 Å². The topological polar surface area (TPSA) is 53.3 Å². The van der Waals surface area contributed by atoms with Crippen LogP contribution in [0.4, 0.5) is 4.79 Å². The molecule has 0 aliphatic carbocycles. The molecule has 18 heavy (non-hydrogen) atoms. The monoisotopic (exact) mass is 242 g/mol. The minimum Gasteiger partial charge on any atom is -0.447 e. The highest BCUT2D eigenvalue weighted by Crippen LogP contribution is 2.17. The van der Waals surface area contributed by atoms with Gasteiger partial charge in [0.1, 0.15) is 6.61 Å². The predicted octanol–water partition coefficient (Wildman–Crippen LogP) is 2.48. The molecule has 92 valence electrons.